The van der Waals surface area contributed by atoms with E-state index in [1.807, 2.05) is 20.8 Å². The van der Waals surface area contributed by atoms with Crippen LogP contribution in [-0.2, 0) is 4.79 Å². The third-order valence-electron chi connectivity index (χ3n) is 10.1. The van der Waals surface area contributed by atoms with E-state index in [4.69, 9.17) is 4.98 Å². The van der Waals surface area contributed by atoms with E-state index >= 15 is 0 Å². The Morgan fingerprint density at radius 3 is 2.58 bits per heavy atom. The molecular weight excluding hydrogens is 545 g/mol. The van der Waals surface area contributed by atoms with Gasteiger partial charge in [-0.3, -0.25) is 9.59 Å². The number of nitrogens with one attached hydrogen (secondary N) is 1. The summed E-state index contributed by atoms with van der Waals surface area (Å²) < 4.78 is 14.5. The fourth-order valence-corrected chi connectivity index (χ4v) is 7.80. The number of rotatable bonds is 7. The molecule has 7 rings (SSSR count). The van der Waals surface area contributed by atoms with E-state index in [0.717, 1.165) is 56.9 Å². The first-order chi connectivity index (χ1) is 20.8. The highest BCUT2D eigenvalue weighted by atomic mass is 19.1. The van der Waals surface area contributed by atoms with Crippen LogP contribution >= 0.6 is 0 Å². The molecule has 2 aromatic rings. The second-order valence-electron chi connectivity index (χ2n) is 13.1. The van der Waals surface area contributed by atoms with Crippen LogP contribution in [0.1, 0.15) is 76.1 Å². The molecule has 2 atom stereocenters. The fourth-order valence-electron chi connectivity index (χ4n) is 7.80. The fraction of sp³-hybridized carbons (Fsp3) is 0.636. The minimum Gasteiger partial charge on any atom is -0.353 e. The quantitative estimate of drug-likeness (QED) is 0.504. The molecular formula is C33H46FN7O2. The largest absolute Gasteiger partial charge is 0.353 e. The highest BCUT2D eigenvalue weighted by molar-refractivity contribution is 6.01. The maximum Gasteiger partial charge on any atom is 0.256 e. The number of nitrogens with zero attached hydrogens (tertiary/aromatic N) is 6. The summed E-state index contributed by atoms with van der Waals surface area (Å²) in [6, 6.07) is 5.00. The first-order valence-corrected chi connectivity index (χ1v) is 16.3. The Kier molecular flexibility index (Phi) is 8.84. The van der Waals surface area contributed by atoms with Gasteiger partial charge in [-0.1, -0.05) is 0 Å². The van der Waals surface area contributed by atoms with Gasteiger partial charge in [0, 0.05) is 51.4 Å². The van der Waals surface area contributed by atoms with Crippen LogP contribution in [0.15, 0.2) is 30.7 Å². The smallest absolute Gasteiger partial charge is 0.256 e. The van der Waals surface area contributed by atoms with Crippen LogP contribution in [0.2, 0.25) is 0 Å². The SMILES string of the molecule is CCN(C(=O)c1cc(F)ccc1N1CCN(CC2CCCN(C(=O)[C@H]3NC4CCC3CC4)CC2)c2ncncc21)C(C)C. The van der Waals surface area contributed by atoms with E-state index in [9.17, 15) is 14.0 Å². The minimum atomic E-state index is -0.428. The van der Waals surface area contributed by atoms with E-state index in [2.05, 4.69) is 25.0 Å². The van der Waals surface area contributed by atoms with Gasteiger partial charge in [0.25, 0.3) is 5.91 Å². The average Bonchev–Trinajstić information content (AvgIpc) is 3.27. The van der Waals surface area contributed by atoms with E-state index in [1.54, 1.807) is 23.5 Å². The Hall–Kier alpha value is -3.27. The molecule has 1 N–H and O–H groups in total. The molecule has 1 saturated carbocycles. The number of hydrogen-bond acceptors (Lipinski definition) is 7. The Balaban J connectivity index is 1.16. The van der Waals surface area contributed by atoms with Gasteiger partial charge in [-0.15, -0.1) is 0 Å². The summed E-state index contributed by atoms with van der Waals surface area (Å²) in [5.41, 5.74) is 1.86. The number of carbonyl (C=O) groups excluding carboxylic acids is 2. The van der Waals surface area contributed by atoms with Crippen molar-refractivity contribution in [2.75, 3.05) is 49.1 Å². The second kappa shape index (κ2) is 12.8. The van der Waals surface area contributed by atoms with E-state index in [0.29, 0.717) is 48.1 Å². The van der Waals surface area contributed by atoms with E-state index < -0.39 is 5.82 Å². The topological polar surface area (TPSA) is 84.9 Å². The Bertz CT molecular complexity index is 1310. The number of anilines is 3. The Morgan fingerprint density at radius 1 is 1.05 bits per heavy atom. The normalized spacial score (nSPS) is 25.5. The van der Waals surface area contributed by atoms with Gasteiger partial charge in [0.2, 0.25) is 5.91 Å². The first-order valence-electron chi connectivity index (χ1n) is 16.3. The summed E-state index contributed by atoms with van der Waals surface area (Å²) in [4.78, 5) is 44.4. The molecule has 1 unspecified atom stereocenters. The van der Waals surface area contributed by atoms with Crippen LogP contribution in [0.4, 0.5) is 21.6 Å². The Labute approximate surface area is 254 Å². The first kappa shape index (κ1) is 29.8. The third kappa shape index (κ3) is 6.08. The molecule has 4 aliphatic heterocycles. The van der Waals surface area contributed by atoms with Gasteiger partial charge >= 0.3 is 0 Å². The van der Waals surface area contributed by atoms with Crippen LogP contribution in [0, 0.1) is 17.7 Å². The molecule has 0 spiro atoms. The highest BCUT2D eigenvalue weighted by Crippen LogP contribution is 2.39. The van der Waals surface area contributed by atoms with E-state index in [1.165, 1.54) is 37.8 Å². The zero-order valence-corrected chi connectivity index (χ0v) is 25.8. The molecule has 2 amide bonds. The van der Waals surface area contributed by atoms with Crippen molar-refractivity contribution in [3.05, 3.63) is 42.1 Å². The predicted molar refractivity (Wildman–Crippen MR) is 166 cm³/mol. The van der Waals surface area contributed by atoms with Crippen molar-refractivity contribution in [1.29, 1.82) is 0 Å². The van der Waals surface area contributed by atoms with Crippen LogP contribution in [0.5, 0.6) is 0 Å². The lowest BCUT2D eigenvalue weighted by molar-refractivity contribution is -0.137. The zero-order chi connectivity index (χ0) is 30.1. The summed E-state index contributed by atoms with van der Waals surface area (Å²) in [5.74, 6) is 1.49. The predicted octanol–water partition coefficient (Wildman–Crippen LogP) is 4.60. The number of benzene rings is 1. The molecule has 232 valence electrons. The Morgan fingerprint density at radius 2 is 1.86 bits per heavy atom. The van der Waals surface area contributed by atoms with Gasteiger partial charge in [0.15, 0.2) is 5.82 Å². The van der Waals surface area contributed by atoms with Gasteiger partial charge in [-0.2, -0.15) is 0 Å². The van der Waals surface area contributed by atoms with Crippen molar-refractivity contribution >= 4 is 29.0 Å². The average molecular weight is 592 g/mol. The van der Waals surface area contributed by atoms with Crippen molar-refractivity contribution in [3.8, 4) is 0 Å². The van der Waals surface area contributed by atoms with Crippen molar-refractivity contribution in [2.24, 2.45) is 11.8 Å². The van der Waals surface area contributed by atoms with Crippen LogP contribution in [0.25, 0.3) is 0 Å². The van der Waals surface area contributed by atoms with Gasteiger partial charge < -0.3 is 24.9 Å². The number of hydrogen-bond donors (Lipinski definition) is 1. The monoisotopic (exact) mass is 591 g/mol. The molecule has 1 aromatic heterocycles. The number of carbonyl (C=O) groups is 2. The maximum absolute atomic E-state index is 14.5. The number of piperidine rings is 2. The van der Waals surface area contributed by atoms with Gasteiger partial charge in [-0.05, 0) is 95.8 Å². The summed E-state index contributed by atoms with van der Waals surface area (Å²) in [5, 5.41) is 3.64. The summed E-state index contributed by atoms with van der Waals surface area (Å²) in [6.45, 7) is 10.3. The molecule has 10 heteroatoms. The van der Waals surface area contributed by atoms with Crippen LogP contribution < -0.4 is 15.1 Å². The van der Waals surface area contributed by atoms with Gasteiger partial charge in [0.05, 0.1) is 23.5 Å². The van der Waals surface area contributed by atoms with Gasteiger partial charge in [-0.25, -0.2) is 14.4 Å². The number of halogens is 1. The maximum atomic E-state index is 14.5. The number of amides is 2. The molecule has 4 fully saturated rings. The van der Waals surface area contributed by atoms with E-state index in [-0.39, 0.29) is 18.0 Å². The highest BCUT2D eigenvalue weighted by Gasteiger charge is 2.41. The van der Waals surface area contributed by atoms with Crippen molar-refractivity contribution in [3.63, 3.8) is 0 Å². The molecule has 43 heavy (non-hydrogen) atoms. The molecule has 3 saturated heterocycles. The molecule has 1 aromatic carbocycles. The summed E-state index contributed by atoms with van der Waals surface area (Å²) in [6.07, 6.45) is 11.2. The number of fused-ring (bicyclic) bond motifs is 4. The zero-order valence-electron chi connectivity index (χ0n) is 25.8. The molecule has 5 heterocycles. The van der Waals surface area contributed by atoms with Gasteiger partial charge in [0.1, 0.15) is 17.8 Å². The number of likely N-dealkylation sites (tertiary alicyclic amines) is 1. The third-order valence-corrected chi connectivity index (χ3v) is 10.1. The second-order valence-corrected chi connectivity index (χ2v) is 13.1. The summed E-state index contributed by atoms with van der Waals surface area (Å²) in [7, 11) is 0. The lowest BCUT2D eigenvalue weighted by atomic mass is 9.76. The molecule has 5 aliphatic rings. The molecule has 0 radical (unpaired) electrons. The molecule has 9 nitrogen and oxygen atoms in total. The minimum absolute atomic E-state index is 0.000861. The van der Waals surface area contributed by atoms with Crippen molar-refractivity contribution in [1.82, 2.24) is 25.1 Å². The lowest BCUT2D eigenvalue weighted by Gasteiger charge is -2.44. The molecule has 1 aliphatic carbocycles. The van der Waals surface area contributed by atoms with Crippen molar-refractivity contribution < 1.29 is 14.0 Å². The molecule has 2 bridgehead atoms. The van der Waals surface area contributed by atoms with Crippen molar-refractivity contribution in [2.45, 2.75) is 83.8 Å². The standard InChI is InChI=1S/C33H46FN7O2/c1-4-40(22(2)3)32(42)27-18-25(34)9-12-28(27)41-17-16-39(31-29(41)19-35-21-36-31)20-23-6-5-14-38(15-13-23)33(43)30-24-7-10-26(37-30)11-8-24/h9,12,18-19,21-24,26,30,37H,4-8,10-11,13-17,20H2,1-3H3/t23?,24?,26?,30-/m0/s1. The lowest BCUT2D eigenvalue weighted by Crippen LogP contribution is -2.59. The van der Waals surface area contributed by atoms with Crippen LogP contribution in [0.3, 0.4) is 0 Å². The number of aromatic nitrogens is 2. The van der Waals surface area contributed by atoms with Crippen LogP contribution in [-0.4, -0.2) is 89.0 Å². The summed E-state index contributed by atoms with van der Waals surface area (Å²) >= 11 is 0.